The number of anilines is 1. The highest BCUT2D eigenvalue weighted by molar-refractivity contribution is 7.10. The highest BCUT2D eigenvalue weighted by atomic mass is 35.5. The lowest BCUT2D eigenvalue weighted by Gasteiger charge is -2.26. The van der Waals surface area contributed by atoms with Crippen LogP contribution in [0.25, 0.3) is 0 Å². The summed E-state index contributed by atoms with van der Waals surface area (Å²) in [6.07, 6.45) is 1.02. The van der Waals surface area contributed by atoms with Crippen LogP contribution < -0.4 is 5.32 Å². The van der Waals surface area contributed by atoms with Gasteiger partial charge in [0.2, 0.25) is 5.91 Å². The van der Waals surface area contributed by atoms with Crippen molar-refractivity contribution >= 4 is 46.1 Å². The molecule has 1 amide bonds. The molecule has 0 radical (unpaired) electrons. The molecule has 0 bridgehead atoms. The lowest BCUT2D eigenvalue weighted by Crippen LogP contribution is -2.36. The van der Waals surface area contributed by atoms with Gasteiger partial charge in [0.05, 0.1) is 16.6 Å². The van der Waals surface area contributed by atoms with Gasteiger partial charge in [0.1, 0.15) is 0 Å². The Morgan fingerprint density at radius 2 is 2.14 bits per heavy atom. The van der Waals surface area contributed by atoms with E-state index in [1.165, 1.54) is 10.4 Å². The van der Waals surface area contributed by atoms with Gasteiger partial charge in [0.15, 0.2) is 0 Å². The SMILES string of the molecule is O=C(CN1CCc2sccc2C1)Nc1ccc(Cl)c(Cl)c1. The molecule has 3 nitrogen and oxygen atoms in total. The number of nitrogens with one attached hydrogen (secondary N) is 1. The summed E-state index contributed by atoms with van der Waals surface area (Å²) in [7, 11) is 0. The molecule has 21 heavy (non-hydrogen) atoms. The van der Waals surface area contributed by atoms with Gasteiger partial charge in [-0.15, -0.1) is 11.3 Å². The van der Waals surface area contributed by atoms with E-state index in [0.717, 1.165) is 19.5 Å². The van der Waals surface area contributed by atoms with Crippen molar-refractivity contribution in [2.24, 2.45) is 0 Å². The summed E-state index contributed by atoms with van der Waals surface area (Å²) in [5.74, 6) is -0.0351. The molecule has 0 unspecified atom stereocenters. The monoisotopic (exact) mass is 340 g/mol. The van der Waals surface area contributed by atoms with Crippen molar-refractivity contribution in [3.63, 3.8) is 0 Å². The molecule has 6 heteroatoms. The average molecular weight is 341 g/mol. The van der Waals surface area contributed by atoms with Crippen molar-refractivity contribution < 1.29 is 4.79 Å². The molecule has 2 heterocycles. The summed E-state index contributed by atoms with van der Waals surface area (Å²) >= 11 is 13.6. The smallest absolute Gasteiger partial charge is 0.238 e. The predicted molar refractivity (Wildman–Crippen MR) is 88.4 cm³/mol. The Balaban J connectivity index is 1.58. The topological polar surface area (TPSA) is 32.3 Å². The molecule has 1 aliphatic rings. The molecule has 2 aromatic rings. The third-order valence-electron chi connectivity index (χ3n) is 3.46. The Bertz CT molecular complexity index is 671. The second kappa shape index (κ2) is 6.36. The average Bonchev–Trinajstić information content (AvgIpc) is 2.90. The van der Waals surface area contributed by atoms with E-state index in [9.17, 15) is 4.79 Å². The van der Waals surface area contributed by atoms with Gasteiger partial charge in [-0.2, -0.15) is 0 Å². The zero-order valence-electron chi connectivity index (χ0n) is 11.2. The maximum absolute atomic E-state index is 12.1. The van der Waals surface area contributed by atoms with Gasteiger partial charge in [0.25, 0.3) is 0 Å². The first-order valence-corrected chi connectivity index (χ1v) is 8.28. The zero-order chi connectivity index (χ0) is 14.8. The molecule has 0 saturated heterocycles. The molecule has 0 fully saturated rings. The zero-order valence-corrected chi connectivity index (χ0v) is 13.6. The minimum absolute atomic E-state index is 0.0351. The number of hydrogen-bond donors (Lipinski definition) is 1. The summed E-state index contributed by atoms with van der Waals surface area (Å²) in [5.41, 5.74) is 2.01. The minimum Gasteiger partial charge on any atom is -0.325 e. The molecule has 1 aromatic carbocycles. The standard InChI is InChI=1S/C15H14Cl2N2OS/c16-12-2-1-11(7-13(12)17)18-15(20)9-19-5-3-14-10(8-19)4-6-21-14/h1-2,4,6-7H,3,5,8-9H2,(H,18,20). The van der Waals surface area contributed by atoms with Crippen molar-refractivity contribution in [1.29, 1.82) is 0 Å². The van der Waals surface area contributed by atoms with Crippen LogP contribution in [0.4, 0.5) is 5.69 Å². The molecule has 0 atom stereocenters. The number of rotatable bonds is 3. The van der Waals surface area contributed by atoms with Gasteiger partial charge in [-0.25, -0.2) is 0 Å². The number of halogens is 2. The molecule has 1 aromatic heterocycles. The molecule has 1 aliphatic heterocycles. The van der Waals surface area contributed by atoms with Gasteiger partial charge < -0.3 is 5.32 Å². The highest BCUT2D eigenvalue weighted by Crippen LogP contribution is 2.26. The van der Waals surface area contributed by atoms with Crippen LogP contribution in [-0.2, 0) is 17.8 Å². The Morgan fingerprint density at radius 1 is 1.29 bits per heavy atom. The van der Waals surface area contributed by atoms with E-state index in [-0.39, 0.29) is 5.91 Å². The quantitative estimate of drug-likeness (QED) is 0.913. The van der Waals surface area contributed by atoms with Crippen LogP contribution >= 0.6 is 34.5 Å². The van der Waals surface area contributed by atoms with Crippen molar-refractivity contribution in [2.75, 3.05) is 18.4 Å². The second-order valence-corrected chi connectivity index (χ2v) is 6.82. The number of carbonyl (C=O) groups excluding carboxylic acids is 1. The van der Waals surface area contributed by atoms with E-state index in [1.807, 2.05) is 0 Å². The van der Waals surface area contributed by atoms with Crippen molar-refractivity contribution in [3.8, 4) is 0 Å². The minimum atomic E-state index is -0.0351. The van der Waals surface area contributed by atoms with Crippen molar-refractivity contribution in [3.05, 3.63) is 50.1 Å². The van der Waals surface area contributed by atoms with E-state index in [0.29, 0.717) is 22.3 Å². The predicted octanol–water partition coefficient (Wildman–Crippen LogP) is 4.05. The number of thiophene rings is 1. The number of fused-ring (bicyclic) bond motifs is 1. The van der Waals surface area contributed by atoms with E-state index >= 15 is 0 Å². The summed E-state index contributed by atoms with van der Waals surface area (Å²) in [6, 6.07) is 7.23. The van der Waals surface area contributed by atoms with Gasteiger partial charge >= 0.3 is 0 Å². The van der Waals surface area contributed by atoms with Crippen LogP contribution in [0.2, 0.25) is 10.0 Å². The fourth-order valence-corrected chi connectivity index (χ4v) is 3.61. The number of amides is 1. The van der Waals surface area contributed by atoms with Gasteiger partial charge in [0, 0.05) is 23.7 Å². The Kier molecular flexibility index (Phi) is 4.50. The second-order valence-electron chi connectivity index (χ2n) is 5.01. The molecular formula is C15H14Cl2N2OS. The van der Waals surface area contributed by atoms with Crippen LogP contribution in [0.3, 0.4) is 0 Å². The fraction of sp³-hybridized carbons (Fsp3) is 0.267. The van der Waals surface area contributed by atoms with E-state index in [1.54, 1.807) is 29.5 Å². The van der Waals surface area contributed by atoms with Crippen LogP contribution in [0.5, 0.6) is 0 Å². The lowest BCUT2D eigenvalue weighted by atomic mass is 10.1. The first-order valence-electron chi connectivity index (χ1n) is 6.64. The number of hydrogen-bond acceptors (Lipinski definition) is 3. The van der Waals surface area contributed by atoms with Crippen LogP contribution in [0.15, 0.2) is 29.6 Å². The first kappa shape index (κ1) is 14.9. The molecular weight excluding hydrogens is 327 g/mol. The molecule has 0 saturated carbocycles. The normalized spacial score (nSPS) is 14.8. The Hall–Kier alpha value is -1.07. The summed E-state index contributed by atoms with van der Waals surface area (Å²) in [6.45, 7) is 2.14. The number of carbonyl (C=O) groups is 1. The van der Waals surface area contributed by atoms with E-state index in [2.05, 4.69) is 21.7 Å². The lowest BCUT2D eigenvalue weighted by molar-refractivity contribution is -0.117. The van der Waals surface area contributed by atoms with E-state index in [4.69, 9.17) is 23.2 Å². The van der Waals surface area contributed by atoms with Gasteiger partial charge in [-0.1, -0.05) is 23.2 Å². The van der Waals surface area contributed by atoms with Crippen LogP contribution in [0, 0.1) is 0 Å². The highest BCUT2D eigenvalue weighted by Gasteiger charge is 2.19. The Labute approximate surface area is 137 Å². The summed E-state index contributed by atoms with van der Waals surface area (Å²) in [4.78, 5) is 15.7. The summed E-state index contributed by atoms with van der Waals surface area (Å²) in [5, 5.41) is 5.89. The van der Waals surface area contributed by atoms with Crippen molar-refractivity contribution in [2.45, 2.75) is 13.0 Å². The first-order chi connectivity index (χ1) is 10.1. The largest absolute Gasteiger partial charge is 0.325 e. The molecule has 110 valence electrons. The third kappa shape index (κ3) is 3.58. The maximum Gasteiger partial charge on any atom is 0.238 e. The molecule has 3 rings (SSSR count). The van der Waals surface area contributed by atoms with Crippen LogP contribution in [0.1, 0.15) is 10.4 Å². The maximum atomic E-state index is 12.1. The molecule has 0 aliphatic carbocycles. The van der Waals surface area contributed by atoms with Gasteiger partial charge in [-0.05, 0) is 41.6 Å². The molecule has 0 spiro atoms. The number of benzene rings is 1. The fourth-order valence-electron chi connectivity index (χ4n) is 2.42. The third-order valence-corrected chi connectivity index (χ3v) is 5.22. The number of nitrogens with zero attached hydrogens (tertiary/aromatic N) is 1. The molecule has 1 N–H and O–H groups in total. The summed E-state index contributed by atoms with van der Waals surface area (Å²) < 4.78 is 0. The van der Waals surface area contributed by atoms with Crippen molar-refractivity contribution in [1.82, 2.24) is 4.90 Å². The van der Waals surface area contributed by atoms with E-state index < -0.39 is 0 Å². The Morgan fingerprint density at radius 3 is 2.95 bits per heavy atom. The van der Waals surface area contributed by atoms with Gasteiger partial charge in [-0.3, -0.25) is 9.69 Å². The van der Waals surface area contributed by atoms with Crippen LogP contribution in [-0.4, -0.2) is 23.9 Å².